The normalized spacial score (nSPS) is 10.8. The molecule has 0 saturated heterocycles. The van der Waals surface area contributed by atoms with E-state index in [-0.39, 0.29) is 19.0 Å². The molecule has 3 nitrogen and oxygen atoms in total. The van der Waals surface area contributed by atoms with Gasteiger partial charge in [-0.25, -0.2) is 0 Å². The second kappa shape index (κ2) is 11.6. The molecule has 0 aromatic heterocycles. The Kier molecular flexibility index (Phi) is 8.28. The molecular formula is C27H28O3. The molecule has 3 aromatic rings. The Balaban J connectivity index is 1.74. The molecule has 0 atom stereocenters. The number of hydrogen-bond donors (Lipinski definition) is 0. The molecule has 0 N–H and O–H groups in total. The molecule has 3 rings (SSSR count). The summed E-state index contributed by atoms with van der Waals surface area (Å²) in [5.41, 5.74) is 3.88. The van der Waals surface area contributed by atoms with Crippen molar-refractivity contribution in [1.29, 1.82) is 0 Å². The van der Waals surface area contributed by atoms with Crippen LogP contribution in [0.5, 0.6) is 5.75 Å². The highest BCUT2D eigenvalue weighted by Gasteiger charge is 2.14. The average Bonchev–Trinajstić information content (AvgIpc) is 2.79. The Hall–Kier alpha value is -3.33. The zero-order valence-corrected chi connectivity index (χ0v) is 17.4. The lowest BCUT2D eigenvalue weighted by atomic mass is 10.0. The summed E-state index contributed by atoms with van der Waals surface area (Å²) in [6.45, 7) is 2.87. The fourth-order valence-electron chi connectivity index (χ4n) is 3.10. The minimum atomic E-state index is -0.266. The Morgan fingerprint density at radius 1 is 0.833 bits per heavy atom. The molecule has 0 unspecified atom stereocenters. The number of carbonyl (C=O) groups excluding carboxylic acids is 1. The lowest BCUT2D eigenvalue weighted by molar-refractivity contribution is -0.144. The van der Waals surface area contributed by atoms with Crippen LogP contribution in [0.4, 0.5) is 0 Å². The van der Waals surface area contributed by atoms with E-state index >= 15 is 0 Å². The zero-order valence-electron chi connectivity index (χ0n) is 17.4. The molecule has 154 valence electrons. The standard InChI is InChI=1S/C27H28O3/c1-2-3-6-16-24-17-11-18-25(27(24)30-21-23-14-9-5-10-15-23)19-26(28)29-20-22-12-7-4-8-13-22/h4-18H,2-3,19-21H2,1H3/b16-6+. The maximum absolute atomic E-state index is 12.5. The van der Waals surface area contributed by atoms with Crippen molar-refractivity contribution >= 4 is 12.0 Å². The van der Waals surface area contributed by atoms with Gasteiger partial charge in [0.25, 0.3) is 0 Å². The van der Waals surface area contributed by atoms with Gasteiger partial charge in [0.05, 0.1) is 6.42 Å². The van der Waals surface area contributed by atoms with E-state index in [1.54, 1.807) is 0 Å². The molecular weight excluding hydrogens is 372 g/mol. The summed E-state index contributed by atoms with van der Waals surface area (Å²) < 4.78 is 11.7. The van der Waals surface area contributed by atoms with Gasteiger partial charge in [0.1, 0.15) is 19.0 Å². The van der Waals surface area contributed by atoms with E-state index in [4.69, 9.17) is 9.47 Å². The quantitative estimate of drug-likeness (QED) is 0.371. The average molecular weight is 401 g/mol. The third kappa shape index (κ3) is 6.63. The minimum absolute atomic E-state index is 0.173. The van der Waals surface area contributed by atoms with Crippen LogP contribution in [0.1, 0.15) is 42.0 Å². The van der Waals surface area contributed by atoms with Crippen LogP contribution in [0, 0.1) is 0 Å². The van der Waals surface area contributed by atoms with Crippen LogP contribution in [-0.4, -0.2) is 5.97 Å². The number of para-hydroxylation sites is 1. The molecule has 3 heteroatoms. The van der Waals surface area contributed by atoms with E-state index < -0.39 is 0 Å². The molecule has 0 bridgehead atoms. The van der Waals surface area contributed by atoms with Crippen LogP contribution >= 0.6 is 0 Å². The Morgan fingerprint density at radius 3 is 2.17 bits per heavy atom. The monoisotopic (exact) mass is 400 g/mol. The minimum Gasteiger partial charge on any atom is -0.488 e. The number of esters is 1. The number of rotatable bonds is 10. The fraction of sp³-hybridized carbons (Fsp3) is 0.222. The van der Waals surface area contributed by atoms with Crippen LogP contribution in [0.2, 0.25) is 0 Å². The molecule has 3 aromatic carbocycles. The molecule has 0 heterocycles. The van der Waals surface area contributed by atoms with Gasteiger partial charge in [-0.2, -0.15) is 0 Å². The van der Waals surface area contributed by atoms with Gasteiger partial charge in [-0.1, -0.05) is 104 Å². The van der Waals surface area contributed by atoms with Crippen molar-refractivity contribution in [2.75, 3.05) is 0 Å². The van der Waals surface area contributed by atoms with Gasteiger partial charge in [-0.05, 0) is 17.5 Å². The summed E-state index contributed by atoms with van der Waals surface area (Å²) in [6.07, 6.45) is 6.47. The van der Waals surface area contributed by atoms with Gasteiger partial charge >= 0.3 is 5.97 Å². The van der Waals surface area contributed by atoms with Crippen LogP contribution in [0.3, 0.4) is 0 Å². The molecule has 0 aliphatic rings. The molecule has 30 heavy (non-hydrogen) atoms. The van der Waals surface area contributed by atoms with Gasteiger partial charge in [-0.15, -0.1) is 0 Å². The summed E-state index contributed by atoms with van der Waals surface area (Å²) in [5, 5.41) is 0. The van der Waals surface area contributed by atoms with E-state index in [9.17, 15) is 4.79 Å². The number of allylic oxidation sites excluding steroid dienone is 1. The van der Waals surface area contributed by atoms with Crippen LogP contribution in [0.25, 0.3) is 6.08 Å². The first-order valence-electron chi connectivity index (χ1n) is 10.4. The van der Waals surface area contributed by atoms with Crippen molar-refractivity contribution < 1.29 is 14.3 Å². The van der Waals surface area contributed by atoms with Crippen molar-refractivity contribution in [3.63, 3.8) is 0 Å². The van der Waals surface area contributed by atoms with Crippen molar-refractivity contribution in [2.45, 2.75) is 39.4 Å². The Morgan fingerprint density at radius 2 is 1.50 bits per heavy atom. The Labute approximate surface area is 179 Å². The maximum atomic E-state index is 12.5. The van der Waals surface area contributed by atoms with Gasteiger partial charge in [0, 0.05) is 11.1 Å². The largest absolute Gasteiger partial charge is 0.488 e. The molecule has 0 aliphatic heterocycles. The van der Waals surface area contributed by atoms with Gasteiger partial charge in [-0.3, -0.25) is 4.79 Å². The number of unbranched alkanes of at least 4 members (excludes halogenated alkanes) is 1. The molecule has 0 aliphatic carbocycles. The van der Waals surface area contributed by atoms with Crippen LogP contribution < -0.4 is 4.74 Å². The third-order valence-electron chi connectivity index (χ3n) is 4.68. The number of benzene rings is 3. The summed E-state index contributed by atoms with van der Waals surface area (Å²) in [4.78, 5) is 12.5. The predicted octanol–water partition coefficient (Wildman–Crippen LogP) is 6.36. The topological polar surface area (TPSA) is 35.5 Å². The number of hydrogen-bond acceptors (Lipinski definition) is 3. The first-order valence-corrected chi connectivity index (χ1v) is 10.4. The van der Waals surface area contributed by atoms with Crippen LogP contribution in [-0.2, 0) is 29.2 Å². The highest BCUT2D eigenvalue weighted by Crippen LogP contribution is 2.28. The zero-order chi connectivity index (χ0) is 21.0. The van der Waals surface area contributed by atoms with E-state index in [0.29, 0.717) is 6.61 Å². The Bertz CT molecular complexity index is 946. The lowest BCUT2D eigenvalue weighted by Crippen LogP contribution is -2.10. The molecule has 0 fully saturated rings. The van der Waals surface area contributed by atoms with Gasteiger partial charge < -0.3 is 9.47 Å². The van der Waals surface area contributed by atoms with E-state index in [1.165, 1.54) is 0 Å². The summed E-state index contributed by atoms with van der Waals surface area (Å²) in [5.74, 6) is 0.475. The van der Waals surface area contributed by atoms with Crippen molar-refractivity contribution in [3.8, 4) is 5.75 Å². The highest BCUT2D eigenvalue weighted by molar-refractivity contribution is 5.75. The van der Waals surface area contributed by atoms with Crippen molar-refractivity contribution in [2.24, 2.45) is 0 Å². The van der Waals surface area contributed by atoms with E-state index in [0.717, 1.165) is 40.8 Å². The third-order valence-corrected chi connectivity index (χ3v) is 4.68. The SMILES string of the molecule is CCC/C=C/c1cccc(CC(=O)OCc2ccccc2)c1OCc1ccccc1. The second-order valence-electron chi connectivity index (χ2n) is 7.12. The van der Waals surface area contributed by atoms with Crippen molar-refractivity contribution in [3.05, 3.63) is 107 Å². The van der Waals surface area contributed by atoms with E-state index in [2.05, 4.69) is 19.1 Å². The predicted molar refractivity (Wildman–Crippen MR) is 121 cm³/mol. The van der Waals surface area contributed by atoms with E-state index in [1.807, 2.05) is 78.9 Å². The molecule has 0 radical (unpaired) electrons. The maximum Gasteiger partial charge on any atom is 0.310 e. The summed E-state index contributed by atoms with van der Waals surface area (Å²) >= 11 is 0. The molecule has 0 amide bonds. The van der Waals surface area contributed by atoms with Crippen molar-refractivity contribution in [1.82, 2.24) is 0 Å². The smallest absolute Gasteiger partial charge is 0.310 e. The van der Waals surface area contributed by atoms with Crippen LogP contribution in [0.15, 0.2) is 84.9 Å². The summed E-state index contributed by atoms with van der Waals surface area (Å²) in [7, 11) is 0. The van der Waals surface area contributed by atoms with Gasteiger partial charge in [0.15, 0.2) is 0 Å². The second-order valence-corrected chi connectivity index (χ2v) is 7.12. The highest BCUT2D eigenvalue weighted by atomic mass is 16.5. The number of ether oxygens (including phenoxy) is 2. The number of carbonyl (C=O) groups is 1. The van der Waals surface area contributed by atoms with Gasteiger partial charge in [0.2, 0.25) is 0 Å². The lowest BCUT2D eigenvalue weighted by Gasteiger charge is -2.15. The fourth-order valence-corrected chi connectivity index (χ4v) is 3.10. The molecule has 0 saturated carbocycles. The first kappa shape index (κ1) is 21.4. The summed E-state index contributed by atoms with van der Waals surface area (Å²) in [6, 6.07) is 25.6. The molecule has 0 spiro atoms. The first-order chi connectivity index (χ1) is 14.8.